The summed E-state index contributed by atoms with van der Waals surface area (Å²) in [6.45, 7) is 4.15. The highest BCUT2D eigenvalue weighted by Crippen LogP contribution is 2.25. The van der Waals surface area contributed by atoms with Gasteiger partial charge in [-0.3, -0.25) is 5.41 Å². The molecule has 0 radical (unpaired) electrons. The Bertz CT molecular complexity index is 678. The fourth-order valence-corrected chi connectivity index (χ4v) is 2.85. The number of allylic oxidation sites excluding steroid dienone is 2. The lowest BCUT2D eigenvalue weighted by Crippen LogP contribution is -2.11. The van der Waals surface area contributed by atoms with Crippen molar-refractivity contribution in [3.05, 3.63) is 59.4 Å². The van der Waals surface area contributed by atoms with Crippen LogP contribution < -0.4 is 10.8 Å². The summed E-state index contributed by atoms with van der Waals surface area (Å²) in [5, 5.41) is 11.7. The molecule has 2 aromatic rings. The molecule has 5 nitrogen and oxygen atoms in total. The van der Waals surface area contributed by atoms with Crippen molar-refractivity contribution < 1.29 is 0 Å². The molecule has 114 valence electrons. The van der Waals surface area contributed by atoms with Crippen molar-refractivity contribution in [2.24, 2.45) is 0 Å². The highest BCUT2D eigenvalue weighted by Gasteiger charge is 2.15. The van der Waals surface area contributed by atoms with Crippen molar-refractivity contribution >= 4 is 26.1 Å². The molecule has 1 atom stereocenters. The number of aromatic nitrogens is 2. The van der Waals surface area contributed by atoms with Gasteiger partial charge in [0, 0.05) is 11.7 Å². The van der Waals surface area contributed by atoms with Gasteiger partial charge in [-0.05, 0) is 22.6 Å². The fraction of sp³-hybridized carbons (Fsp3) is 0.188. The summed E-state index contributed by atoms with van der Waals surface area (Å²) in [4.78, 5) is 8.27. The van der Waals surface area contributed by atoms with E-state index in [0.717, 1.165) is 11.7 Å². The Labute approximate surface area is 132 Å². The molecular weight excluding hydrogens is 293 g/mol. The summed E-state index contributed by atoms with van der Waals surface area (Å²) in [7, 11) is 0.477. The number of nitrogens with one attached hydrogen (secondary N) is 2. The minimum Gasteiger partial charge on any atom is -0.383 e. The van der Waals surface area contributed by atoms with Gasteiger partial charge in [-0.25, -0.2) is 9.97 Å². The molecule has 0 aliphatic rings. The van der Waals surface area contributed by atoms with E-state index in [0.29, 0.717) is 31.6 Å². The number of nitrogens with zero attached hydrogens (tertiary/aromatic N) is 2. The molecule has 0 amide bonds. The van der Waals surface area contributed by atoms with Gasteiger partial charge in [0.1, 0.15) is 18.0 Å². The van der Waals surface area contributed by atoms with Crippen molar-refractivity contribution in [1.82, 2.24) is 9.97 Å². The van der Waals surface area contributed by atoms with E-state index in [1.165, 1.54) is 11.9 Å². The van der Waals surface area contributed by atoms with E-state index < -0.39 is 0 Å². The Morgan fingerprint density at radius 2 is 2.00 bits per heavy atom. The molecule has 4 N–H and O–H groups in total. The van der Waals surface area contributed by atoms with Gasteiger partial charge in [0.05, 0.1) is 11.3 Å². The second-order valence-electron chi connectivity index (χ2n) is 5.01. The molecular formula is C16H20N5P. The lowest BCUT2D eigenvalue weighted by molar-refractivity contribution is 1.17. The molecule has 0 saturated heterocycles. The molecule has 6 heteroatoms. The lowest BCUT2D eigenvalue weighted by atomic mass is 10.0. The van der Waals surface area contributed by atoms with Crippen molar-refractivity contribution in [2.75, 3.05) is 17.0 Å². The number of rotatable bonds is 6. The Balaban J connectivity index is 2.23. The number of benzene rings is 1. The average molecular weight is 313 g/mol. The minimum absolute atomic E-state index is 0.318. The number of nitrogen functional groups attached to an aromatic ring is 1. The summed E-state index contributed by atoms with van der Waals surface area (Å²) in [5.41, 5.74) is 8.93. The first-order valence-electron chi connectivity index (χ1n) is 6.96. The largest absolute Gasteiger partial charge is 0.383 e. The van der Waals surface area contributed by atoms with Gasteiger partial charge in [0.2, 0.25) is 0 Å². The van der Waals surface area contributed by atoms with Crippen molar-refractivity contribution in [3.8, 4) is 0 Å². The van der Waals surface area contributed by atoms with E-state index >= 15 is 0 Å². The molecule has 1 heterocycles. The van der Waals surface area contributed by atoms with Crippen LogP contribution >= 0.6 is 8.73 Å². The Hall–Kier alpha value is -2.26. The standard InChI is InChI=1S/C16H20N5P/c1-11(2)8-9-22-21-16-13(15(18)19-10-20-16)14(17)12-6-4-3-5-7-12/h3-8,10,17,22H,9H2,1-2H3,(H3,18,19,20,21). The number of hydrogen-bond acceptors (Lipinski definition) is 5. The van der Waals surface area contributed by atoms with Gasteiger partial charge in [0.15, 0.2) is 0 Å². The number of anilines is 2. The molecule has 0 spiro atoms. The molecule has 0 saturated carbocycles. The number of hydrogen-bond donors (Lipinski definition) is 3. The fourth-order valence-electron chi connectivity index (χ4n) is 1.88. The second-order valence-corrected chi connectivity index (χ2v) is 6.02. The van der Waals surface area contributed by atoms with Crippen molar-refractivity contribution in [1.29, 1.82) is 5.41 Å². The number of nitrogens with two attached hydrogens (primary N) is 1. The van der Waals surface area contributed by atoms with Crippen LogP contribution in [0.1, 0.15) is 25.0 Å². The highest BCUT2D eigenvalue weighted by atomic mass is 31.1. The summed E-state index contributed by atoms with van der Waals surface area (Å²) in [6.07, 6.45) is 4.51. The SMILES string of the molecule is CC(C)=CCPNc1ncnc(N)c1C(=N)c1ccccc1. The third kappa shape index (κ3) is 4.12. The van der Waals surface area contributed by atoms with Gasteiger partial charge in [0.25, 0.3) is 0 Å². The molecule has 0 fully saturated rings. The first-order valence-corrected chi connectivity index (χ1v) is 8.17. The molecule has 1 aromatic carbocycles. The molecule has 22 heavy (non-hydrogen) atoms. The van der Waals surface area contributed by atoms with Crippen LogP contribution in [-0.4, -0.2) is 21.8 Å². The van der Waals surface area contributed by atoms with Crippen LogP contribution in [0.25, 0.3) is 0 Å². The molecule has 0 bridgehead atoms. The van der Waals surface area contributed by atoms with Gasteiger partial charge in [-0.15, -0.1) is 0 Å². The first kappa shape index (κ1) is 16.1. The summed E-state index contributed by atoms with van der Waals surface area (Å²) in [5.74, 6) is 0.931. The first-order chi connectivity index (χ1) is 10.6. The zero-order valence-electron chi connectivity index (χ0n) is 12.7. The highest BCUT2D eigenvalue weighted by molar-refractivity contribution is 7.40. The van der Waals surface area contributed by atoms with Crippen molar-refractivity contribution in [3.63, 3.8) is 0 Å². The quantitative estimate of drug-likeness (QED) is 0.330. The van der Waals surface area contributed by atoms with E-state index in [2.05, 4.69) is 35.0 Å². The second kappa shape index (κ2) is 7.66. The third-order valence-electron chi connectivity index (χ3n) is 3.01. The lowest BCUT2D eigenvalue weighted by Gasteiger charge is -2.13. The van der Waals surface area contributed by atoms with Gasteiger partial charge in [-0.2, -0.15) is 0 Å². The van der Waals surface area contributed by atoms with Crippen LogP contribution in [0.5, 0.6) is 0 Å². The van der Waals surface area contributed by atoms with Crippen LogP contribution in [0, 0.1) is 5.41 Å². The van der Waals surface area contributed by atoms with E-state index in [-0.39, 0.29) is 0 Å². The minimum atomic E-state index is 0.318. The van der Waals surface area contributed by atoms with Crippen LogP contribution in [0.3, 0.4) is 0 Å². The Morgan fingerprint density at radius 1 is 1.27 bits per heavy atom. The molecule has 1 aromatic heterocycles. The van der Waals surface area contributed by atoms with Crippen LogP contribution in [0.4, 0.5) is 11.6 Å². The van der Waals surface area contributed by atoms with Crippen LogP contribution in [0.2, 0.25) is 0 Å². The van der Waals surface area contributed by atoms with Crippen molar-refractivity contribution in [2.45, 2.75) is 13.8 Å². The molecule has 0 aliphatic heterocycles. The predicted octanol–water partition coefficient (Wildman–Crippen LogP) is 3.45. The summed E-state index contributed by atoms with van der Waals surface area (Å²) < 4.78 is 0. The van der Waals surface area contributed by atoms with Crippen LogP contribution in [-0.2, 0) is 0 Å². The summed E-state index contributed by atoms with van der Waals surface area (Å²) >= 11 is 0. The maximum atomic E-state index is 8.39. The smallest absolute Gasteiger partial charge is 0.144 e. The summed E-state index contributed by atoms with van der Waals surface area (Å²) in [6, 6.07) is 9.47. The van der Waals surface area contributed by atoms with E-state index in [1.807, 2.05) is 30.3 Å². The topological polar surface area (TPSA) is 87.7 Å². The molecule has 1 unspecified atom stereocenters. The van der Waals surface area contributed by atoms with E-state index in [4.69, 9.17) is 11.1 Å². The monoisotopic (exact) mass is 313 g/mol. The third-order valence-corrected chi connectivity index (χ3v) is 3.83. The maximum absolute atomic E-state index is 8.39. The zero-order chi connectivity index (χ0) is 15.9. The Kier molecular flexibility index (Phi) is 5.61. The molecule has 0 aliphatic carbocycles. The van der Waals surface area contributed by atoms with E-state index in [9.17, 15) is 0 Å². The Morgan fingerprint density at radius 3 is 2.68 bits per heavy atom. The predicted molar refractivity (Wildman–Crippen MR) is 95.1 cm³/mol. The zero-order valence-corrected chi connectivity index (χ0v) is 13.7. The normalized spacial score (nSPS) is 10.6. The van der Waals surface area contributed by atoms with Gasteiger partial charge >= 0.3 is 0 Å². The van der Waals surface area contributed by atoms with Gasteiger partial charge in [-0.1, -0.05) is 42.0 Å². The maximum Gasteiger partial charge on any atom is 0.144 e. The van der Waals surface area contributed by atoms with Crippen LogP contribution in [0.15, 0.2) is 48.3 Å². The van der Waals surface area contributed by atoms with E-state index in [1.54, 1.807) is 0 Å². The van der Waals surface area contributed by atoms with Gasteiger partial charge < -0.3 is 10.8 Å². The molecule has 2 rings (SSSR count). The average Bonchev–Trinajstić information content (AvgIpc) is 2.52.